The van der Waals surface area contributed by atoms with Crippen molar-refractivity contribution in [3.63, 3.8) is 0 Å². The van der Waals surface area contributed by atoms with Crippen LogP contribution in [0.15, 0.2) is 42.0 Å². The fraction of sp³-hybridized carbons (Fsp3) is 0.250. The van der Waals surface area contributed by atoms with Gasteiger partial charge in [0.1, 0.15) is 22.9 Å². The first-order valence-corrected chi connectivity index (χ1v) is 10.4. The molecule has 1 fully saturated rings. The summed E-state index contributed by atoms with van der Waals surface area (Å²) in [5.41, 5.74) is 2.48. The van der Waals surface area contributed by atoms with Gasteiger partial charge in [0.15, 0.2) is 0 Å². The van der Waals surface area contributed by atoms with E-state index in [4.69, 9.17) is 16.9 Å². The minimum atomic E-state index is -1.14. The smallest absolute Gasteiger partial charge is 0.276 e. The van der Waals surface area contributed by atoms with E-state index < -0.39 is 11.5 Å². The zero-order valence-corrected chi connectivity index (χ0v) is 17.5. The van der Waals surface area contributed by atoms with Crippen LogP contribution in [-0.2, 0) is 5.60 Å². The number of nitrogens with one attached hydrogen (secondary N) is 1. The quantitative estimate of drug-likeness (QED) is 0.640. The van der Waals surface area contributed by atoms with Crippen LogP contribution < -0.4 is 10.2 Å². The average Bonchev–Trinajstić information content (AvgIpc) is 3.37. The van der Waals surface area contributed by atoms with Crippen LogP contribution in [-0.4, -0.2) is 38.8 Å². The lowest BCUT2D eigenvalue weighted by atomic mass is 9.88. The Balaban J connectivity index is 1.53. The third-order valence-corrected chi connectivity index (χ3v) is 6.29. The average molecular weight is 441 g/mol. The second kappa shape index (κ2) is 7.99. The molecule has 0 bridgehead atoms. The molecule has 4 rings (SSSR count). The summed E-state index contributed by atoms with van der Waals surface area (Å²) in [4.78, 5) is 18.5. The van der Waals surface area contributed by atoms with Crippen molar-refractivity contribution in [1.29, 1.82) is 5.26 Å². The Morgan fingerprint density at radius 3 is 2.90 bits per heavy atom. The Morgan fingerprint density at radius 1 is 1.43 bits per heavy atom. The third-order valence-electron chi connectivity index (χ3n) is 5.37. The Morgan fingerprint density at radius 2 is 2.27 bits per heavy atom. The van der Waals surface area contributed by atoms with Gasteiger partial charge in [-0.2, -0.15) is 5.26 Å². The molecule has 0 saturated carbocycles. The van der Waals surface area contributed by atoms with Gasteiger partial charge in [0.2, 0.25) is 5.13 Å². The summed E-state index contributed by atoms with van der Waals surface area (Å²) < 4.78 is 0. The molecule has 30 heavy (non-hydrogen) atoms. The summed E-state index contributed by atoms with van der Waals surface area (Å²) in [6.45, 7) is 2.54. The topological polar surface area (TPSA) is 115 Å². The zero-order valence-electron chi connectivity index (χ0n) is 15.9. The van der Waals surface area contributed by atoms with E-state index in [1.807, 2.05) is 24.0 Å². The number of benzene rings is 1. The zero-order chi connectivity index (χ0) is 21.3. The number of halogens is 1. The SMILES string of the molecule is C[C@@H]1N(c2ccc(C#N)c(Cl)c2)CC[C@@]1(O)c1ccc(C(=O)Nc2nncs2)nc1. The van der Waals surface area contributed by atoms with Crippen molar-refractivity contribution in [3.8, 4) is 6.07 Å². The molecule has 2 aromatic heterocycles. The van der Waals surface area contributed by atoms with Crippen molar-refractivity contribution in [2.45, 2.75) is 25.0 Å². The number of rotatable bonds is 4. The van der Waals surface area contributed by atoms with Crippen LogP contribution in [0.4, 0.5) is 10.8 Å². The van der Waals surface area contributed by atoms with Gasteiger partial charge in [-0.1, -0.05) is 29.0 Å². The molecule has 10 heteroatoms. The molecular weight excluding hydrogens is 424 g/mol. The van der Waals surface area contributed by atoms with E-state index in [1.165, 1.54) is 23.0 Å². The van der Waals surface area contributed by atoms with Crippen LogP contribution in [0, 0.1) is 11.3 Å². The summed E-state index contributed by atoms with van der Waals surface area (Å²) in [6.07, 6.45) is 2.02. The number of carbonyl (C=O) groups is 1. The van der Waals surface area contributed by atoms with E-state index in [9.17, 15) is 9.90 Å². The van der Waals surface area contributed by atoms with Crippen LogP contribution >= 0.6 is 22.9 Å². The number of amides is 1. The minimum absolute atomic E-state index is 0.221. The van der Waals surface area contributed by atoms with E-state index in [-0.39, 0.29) is 11.7 Å². The fourth-order valence-corrected chi connectivity index (χ4v) is 4.29. The van der Waals surface area contributed by atoms with Gasteiger partial charge in [-0.3, -0.25) is 15.1 Å². The predicted molar refractivity (Wildman–Crippen MR) is 114 cm³/mol. The minimum Gasteiger partial charge on any atom is -0.383 e. The lowest BCUT2D eigenvalue weighted by Crippen LogP contribution is -2.40. The van der Waals surface area contributed by atoms with Gasteiger partial charge in [-0.25, -0.2) is 0 Å². The fourth-order valence-electron chi connectivity index (χ4n) is 3.64. The first-order valence-electron chi connectivity index (χ1n) is 9.15. The lowest BCUT2D eigenvalue weighted by molar-refractivity contribution is 0.0326. The number of anilines is 2. The third kappa shape index (κ3) is 3.61. The van der Waals surface area contributed by atoms with Gasteiger partial charge in [0.05, 0.1) is 16.6 Å². The summed E-state index contributed by atoms with van der Waals surface area (Å²) in [7, 11) is 0. The number of pyridine rings is 1. The Bertz CT molecular complexity index is 1120. The maximum absolute atomic E-state index is 12.3. The highest BCUT2D eigenvalue weighted by atomic mass is 35.5. The molecule has 3 heterocycles. The molecule has 0 spiro atoms. The van der Waals surface area contributed by atoms with Crippen LogP contribution in [0.1, 0.15) is 35.0 Å². The van der Waals surface area contributed by atoms with Crippen molar-refractivity contribution in [1.82, 2.24) is 15.2 Å². The molecule has 2 N–H and O–H groups in total. The lowest BCUT2D eigenvalue weighted by Gasteiger charge is -2.33. The highest BCUT2D eigenvalue weighted by molar-refractivity contribution is 7.13. The molecule has 152 valence electrons. The van der Waals surface area contributed by atoms with E-state index in [0.717, 1.165) is 5.69 Å². The predicted octanol–water partition coefficient (Wildman–Crippen LogP) is 3.20. The van der Waals surface area contributed by atoms with Crippen LogP contribution in [0.5, 0.6) is 0 Å². The van der Waals surface area contributed by atoms with Gasteiger partial charge < -0.3 is 10.0 Å². The summed E-state index contributed by atoms with van der Waals surface area (Å²) in [5, 5.41) is 31.3. The molecule has 0 radical (unpaired) electrons. The van der Waals surface area contributed by atoms with Crippen molar-refractivity contribution in [2.75, 3.05) is 16.8 Å². The van der Waals surface area contributed by atoms with E-state index in [0.29, 0.717) is 34.2 Å². The Labute approximate surface area is 181 Å². The van der Waals surface area contributed by atoms with Crippen molar-refractivity contribution < 1.29 is 9.90 Å². The molecule has 1 amide bonds. The standard InChI is InChI=1S/C20H17ClN6O2S/c1-12-20(29,6-7-27(12)15-4-2-13(9-22)16(21)8-15)14-3-5-17(23-10-14)18(28)25-19-26-24-11-30-19/h2-5,8,10-12,29H,6-7H2,1H3,(H,25,26,28)/t12-,20-/m0/s1. The van der Waals surface area contributed by atoms with Gasteiger partial charge in [-0.05, 0) is 37.6 Å². The van der Waals surface area contributed by atoms with Gasteiger partial charge in [0.25, 0.3) is 5.91 Å². The maximum Gasteiger partial charge on any atom is 0.276 e. The maximum atomic E-state index is 12.3. The summed E-state index contributed by atoms with van der Waals surface area (Å²) in [6, 6.07) is 10.3. The first-order chi connectivity index (χ1) is 14.4. The highest BCUT2D eigenvalue weighted by Crippen LogP contribution is 2.40. The van der Waals surface area contributed by atoms with Crippen LogP contribution in [0.3, 0.4) is 0 Å². The van der Waals surface area contributed by atoms with Crippen molar-refractivity contribution in [2.24, 2.45) is 0 Å². The molecule has 0 aliphatic carbocycles. The largest absolute Gasteiger partial charge is 0.383 e. The Kier molecular flexibility index (Phi) is 5.39. The monoisotopic (exact) mass is 440 g/mol. The normalized spacial score (nSPS) is 20.7. The number of aliphatic hydroxyl groups is 1. The highest BCUT2D eigenvalue weighted by Gasteiger charge is 2.45. The van der Waals surface area contributed by atoms with Crippen LogP contribution in [0.2, 0.25) is 5.02 Å². The molecule has 1 aromatic carbocycles. The number of carbonyl (C=O) groups excluding carboxylic acids is 1. The molecule has 8 nitrogen and oxygen atoms in total. The van der Waals surface area contributed by atoms with E-state index in [2.05, 4.69) is 20.5 Å². The Hall–Kier alpha value is -3.06. The second-order valence-corrected chi connectivity index (χ2v) is 8.19. The van der Waals surface area contributed by atoms with Crippen molar-refractivity contribution in [3.05, 3.63) is 63.9 Å². The number of aromatic nitrogens is 3. The molecule has 1 aliphatic rings. The number of nitrogens with zero attached hydrogens (tertiary/aromatic N) is 5. The van der Waals surface area contributed by atoms with Gasteiger partial charge in [-0.15, -0.1) is 10.2 Å². The molecule has 1 aliphatic heterocycles. The van der Waals surface area contributed by atoms with Crippen molar-refractivity contribution >= 4 is 39.7 Å². The summed E-state index contributed by atoms with van der Waals surface area (Å²) in [5.74, 6) is -0.390. The second-order valence-electron chi connectivity index (χ2n) is 6.95. The van der Waals surface area contributed by atoms with Crippen LogP contribution in [0.25, 0.3) is 0 Å². The molecule has 3 aromatic rings. The number of nitriles is 1. The molecule has 2 atom stereocenters. The van der Waals surface area contributed by atoms with Gasteiger partial charge in [0, 0.05) is 24.0 Å². The molecule has 0 unspecified atom stereocenters. The van der Waals surface area contributed by atoms with E-state index >= 15 is 0 Å². The molecular formula is C20H17ClN6O2S. The molecule has 1 saturated heterocycles. The number of hydrogen-bond donors (Lipinski definition) is 2. The van der Waals surface area contributed by atoms with E-state index in [1.54, 1.807) is 24.3 Å². The van der Waals surface area contributed by atoms with Gasteiger partial charge >= 0.3 is 0 Å². The summed E-state index contributed by atoms with van der Waals surface area (Å²) >= 11 is 7.39. The number of hydrogen-bond acceptors (Lipinski definition) is 8. The first kappa shape index (κ1) is 20.2.